The number of nitrogens with zero attached hydrogens (tertiary/aromatic N) is 1. The lowest BCUT2D eigenvalue weighted by Crippen LogP contribution is -2.19. The van der Waals surface area contributed by atoms with Gasteiger partial charge < -0.3 is 10.7 Å². The number of hydrogen-bond donors (Lipinski definition) is 2. The minimum atomic E-state index is -3.56. The van der Waals surface area contributed by atoms with Crippen LogP contribution in [0.25, 0.3) is 0 Å². The summed E-state index contributed by atoms with van der Waals surface area (Å²) in [7, 11) is -3.56. The highest BCUT2D eigenvalue weighted by molar-refractivity contribution is 7.91. The lowest BCUT2D eigenvalue weighted by atomic mass is 10.2. The fraction of sp³-hybridized carbons (Fsp3) is 0.250. The highest BCUT2D eigenvalue weighted by atomic mass is 32.2. The van der Waals surface area contributed by atoms with Crippen LogP contribution in [-0.4, -0.2) is 19.7 Å². The first kappa shape index (κ1) is 11.3. The van der Waals surface area contributed by atoms with Gasteiger partial charge in [-0.1, -0.05) is 0 Å². The first-order valence-corrected chi connectivity index (χ1v) is 5.80. The molecule has 0 saturated carbocycles. The van der Waals surface area contributed by atoms with Crippen LogP contribution in [0.1, 0.15) is 11.1 Å². The van der Waals surface area contributed by atoms with Gasteiger partial charge in [0.25, 0.3) is 5.56 Å². The molecule has 0 aliphatic carbocycles. The molecule has 80 valence electrons. The van der Waals surface area contributed by atoms with E-state index in [1.54, 1.807) is 6.07 Å². The summed E-state index contributed by atoms with van der Waals surface area (Å²) in [6.07, 6.45) is 0.963. The molecular weight excluding hydrogens is 218 g/mol. The van der Waals surface area contributed by atoms with E-state index < -0.39 is 15.4 Å². The molecule has 0 saturated heterocycles. The molecule has 0 radical (unpaired) electrons. The molecule has 0 aromatic carbocycles. The van der Waals surface area contributed by atoms with Crippen molar-refractivity contribution in [1.29, 1.82) is 5.26 Å². The van der Waals surface area contributed by atoms with Gasteiger partial charge in [-0.3, -0.25) is 4.79 Å². The van der Waals surface area contributed by atoms with Crippen LogP contribution in [0.15, 0.2) is 9.69 Å². The quantitative estimate of drug-likeness (QED) is 0.673. The van der Waals surface area contributed by atoms with Crippen LogP contribution in [-0.2, 0) is 9.84 Å². The van der Waals surface area contributed by atoms with Crippen molar-refractivity contribution in [2.24, 2.45) is 0 Å². The Labute approximate surface area is 86.3 Å². The van der Waals surface area contributed by atoms with Crippen molar-refractivity contribution in [3.05, 3.63) is 21.5 Å². The molecule has 0 unspecified atom stereocenters. The maximum atomic E-state index is 11.3. The number of pyridine rings is 1. The number of aromatic amines is 1. The number of H-pyrrole nitrogens is 1. The normalized spacial score (nSPS) is 11.0. The van der Waals surface area contributed by atoms with Gasteiger partial charge in [0.15, 0.2) is 9.84 Å². The average Bonchev–Trinajstić information content (AvgIpc) is 2.00. The third kappa shape index (κ3) is 1.85. The molecule has 6 nitrogen and oxygen atoms in total. The number of nitriles is 1. The first-order valence-electron chi connectivity index (χ1n) is 3.91. The molecule has 7 heteroatoms. The fourth-order valence-electron chi connectivity index (χ4n) is 1.34. The number of nitrogens with two attached hydrogens (primary N) is 1. The summed E-state index contributed by atoms with van der Waals surface area (Å²) < 4.78 is 22.7. The van der Waals surface area contributed by atoms with Crippen molar-refractivity contribution in [3.8, 4) is 6.07 Å². The predicted molar refractivity (Wildman–Crippen MR) is 54.0 cm³/mol. The second-order valence-electron chi connectivity index (χ2n) is 3.08. The SMILES string of the molecule is Cc1c(S(C)(=O)=O)c(N)[nH]c(=O)c1C#N. The number of aromatic nitrogens is 1. The van der Waals surface area contributed by atoms with E-state index in [1.165, 1.54) is 6.92 Å². The molecule has 3 N–H and O–H groups in total. The van der Waals surface area contributed by atoms with Crippen LogP contribution in [0, 0.1) is 18.3 Å². The number of sulfone groups is 1. The number of hydrogen-bond acceptors (Lipinski definition) is 5. The van der Waals surface area contributed by atoms with E-state index in [9.17, 15) is 13.2 Å². The molecule has 0 spiro atoms. The minimum absolute atomic E-state index is 0.0845. The van der Waals surface area contributed by atoms with Crippen LogP contribution >= 0.6 is 0 Å². The van der Waals surface area contributed by atoms with Gasteiger partial charge >= 0.3 is 0 Å². The molecule has 1 rings (SSSR count). The summed E-state index contributed by atoms with van der Waals surface area (Å²) in [6, 6.07) is 1.64. The van der Waals surface area contributed by atoms with Crippen LogP contribution in [0.2, 0.25) is 0 Å². The Morgan fingerprint density at radius 2 is 2.00 bits per heavy atom. The highest BCUT2D eigenvalue weighted by Gasteiger charge is 2.20. The summed E-state index contributed by atoms with van der Waals surface area (Å²) >= 11 is 0. The summed E-state index contributed by atoms with van der Waals surface area (Å²) in [6.45, 7) is 1.38. The molecule has 0 bridgehead atoms. The van der Waals surface area contributed by atoms with Crippen molar-refractivity contribution >= 4 is 15.7 Å². The Kier molecular flexibility index (Phi) is 2.55. The molecule has 0 aliphatic heterocycles. The first-order chi connectivity index (χ1) is 6.79. The van der Waals surface area contributed by atoms with Gasteiger partial charge in [0.05, 0.1) is 0 Å². The van der Waals surface area contributed by atoms with Gasteiger partial charge in [-0.15, -0.1) is 0 Å². The van der Waals surface area contributed by atoms with Gasteiger partial charge in [0, 0.05) is 6.26 Å². The summed E-state index contributed by atoms with van der Waals surface area (Å²) in [5, 5.41) is 8.67. The second-order valence-corrected chi connectivity index (χ2v) is 5.03. The third-order valence-electron chi connectivity index (χ3n) is 1.92. The van der Waals surface area contributed by atoms with Crippen LogP contribution < -0.4 is 11.3 Å². The Morgan fingerprint density at radius 3 is 2.40 bits per heavy atom. The Bertz CT molecular complexity index is 607. The van der Waals surface area contributed by atoms with Gasteiger partial charge in [-0.25, -0.2) is 8.42 Å². The lowest BCUT2D eigenvalue weighted by molar-refractivity contribution is 0.601. The van der Waals surface area contributed by atoms with E-state index in [2.05, 4.69) is 4.98 Å². The van der Waals surface area contributed by atoms with Crippen LogP contribution in [0.5, 0.6) is 0 Å². The molecule has 1 aromatic heterocycles. The van der Waals surface area contributed by atoms with E-state index in [0.29, 0.717) is 0 Å². The smallest absolute Gasteiger partial charge is 0.267 e. The molecular formula is C8H9N3O3S. The number of nitrogens with one attached hydrogen (secondary N) is 1. The summed E-state index contributed by atoms with van der Waals surface area (Å²) in [4.78, 5) is 13.1. The average molecular weight is 227 g/mol. The zero-order chi connectivity index (χ0) is 11.8. The number of anilines is 1. The molecule has 0 aliphatic rings. The van der Waals surface area contributed by atoms with Crippen molar-refractivity contribution < 1.29 is 8.42 Å². The van der Waals surface area contributed by atoms with E-state index in [-0.39, 0.29) is 21.8 Å². The van der Waals surface area contributed by atoms with Gasteiger partial charge in [0.1, 0.15) is 22.3 Å². The molecule has 1 aromatic rings. The molecule has 1 heterocycles. The second kappa shape index (κ2) is 3.40. The molecule has 0 amide bonds. The maximum absolute atomic E-state index is 11.3. The maximum Gasteiger partial charge on any atom is 0.267 e. The van der Waals surface area contributed by atoms with Crippen molar-refractivity contribution in [1.82, 2.24) is 4.98 Å². The minimum Gasteiger partial charge on any atom is -0.384 e. The summed E-state index contributed by atoms with van der Waals surface area (Å²) in [5.74, 6) is -0.237. The van der Waals surface area contributed by atoms with E-state index >= 15 is 0 Å². The number of nitrogen functional groups attached to an aromatic ring is 1. The topological polar surface area (TPSA) is 117 Å². The standard InChI is InChI=1S/C8H9N3O3S/c1-4-5(3-9)8(12)11-7(10)6(4)15(2,13)14/h1-2H3,(H3,10,11,12). The fourth-order valence-corrected chi connectivity index (χ4v) is 2.45. The monoisotopic (exact) mass is 227 g/mol. The summed E-state index contributed by atoms with van der Waals surface area (Å²) in [5.41, 5.74) is 4.56. The zero-order valence-corrected chi connectivity index (χ0v) is 8.97. The van der Waals surface area contributed by atoms with E-state index in [0.717, 1.165) is 6.26 Å². The van der Waals surface area contributed by atoms with Crippen LogP contribution in [0.3, 0.4) is 0 Å². The van der Waals surface area contributed by atoms with Gasteiger partial charge in [0.2, 0.25) is 0 Å². The largest absolute Gasteiger partial charge is 0.384 e. The van der Waals surface area contributed by atoms with E-state index in [1.807, 2.05) is 0 Å². The Morgan fingerprint density at radius 1 is 1.47 bits per heavy atom. The number of rotatable bonds is 1. The zero-order valence-electron chi connectivity index (χ0n) is 8.16. The predicted octanol–water partition coefficient (Wildman–Crippen LogP) is -0.459. The van der Waals surface area contributed by atoms with Crippen molar-refractivity contribution in [3.63, 3.8) is 0 Å². The third-order valence-corrected chi connectivity index (χ3v) is 3.19. The Hall–Kier alpha value is -1.81. The van der Waals surface area contributed by atoms with Gasteiger partial charge in [-0.2, -0.15) is 5.26 Å². The molecule has 0 fully saturated rings. The molecule has 0 atom stereocenters. The lowest BCUT2D eigenvalue weighted by Gasteiger charge is -2.07. The highest BCUT2D eigenvalue weighted by Crippen LogP contribution is 2.20. The Balaban J connectivity index is 3.87. The molecule has 15 heavy (non-hydrogen) atoms. The van der Waals surface area contributed by atoms with E-state index in [4.69, 9.17) is 11.0 Å². The van der Waals surface area contributed by atoms with Crippen molar-refractivity contribution in [2.75, 3.05) is 12.0 Å². The van der Waals surface area contributed by atoms with Crippen LogP contribution in [0.4, 0.5) is 5.82 Å². The van der Waals surface area contributed by atoms with Crippen molar-refractivity contribution in [2.45, 2.75) is 11.8 Å². The van der Waals surface area contributed by atoms with Gasteiger partial charge in [-0.05, 0) is 12.5 Å².